The number of allylic oxidation sites excluding steroid dienone is 4. The van der Waals surface area contributed by atoms with E-state index in [1.807, 2.05) is 31.8 Å². The first-order valence-corrected chi connectivity index (χ1v) is 5.79. The van der Waals surface area contributed by atoms with Crippen LogP contribution in [0.15, 0.2) is 23.3 Å². The summed E-state index contributed by atoms with van der Waals surface area (Å²) in [4.78, 5) is 10.7. The van der Waals surface area contributed by atoms with Gasteiger partial charge in [-0.2, -0.15) is 13.2 Å². The largest absolute Gasteiger partial charge is 2.00 e. The second-order valence-corrected chi connectivity index (χ2v) is 4.39. The first kappa shape index (κ1) is 18.8. The van der Waals surface area contributed by atoms with Crippen LogP contribution in [0.1, 0.15) is 26.2 Å². The van der Waals surface area contributed by atoms with Gasteiger partial charge in [-0.05, 0) is 6.92 Å². The van der Waals surface area contributed by atoms with Crippen LogP contribution in [0.4, 0.5) is 13.2 Å². The molecule has 6 heteroatoms. The standard InChI is InChI=1S/C13H16F3NO.U/c1-10-2-4-11(5-3-10)8-12(9-18)6-7-17-13(14,15)16;/h2,4-5,12,17H,3,6-8H2,1H3;/q-2;+2. The molecule has 0 aliphatic heterocycles. The van der Waals surface area contributed by atoms with Crippen molar-refractivity contribution in [2.24, 2.45) is 5.92 Å². The van der Waals surface area contributed by atoms with Crippen molar-refractivity contribution < 1.29 is 49.1 Å². The zero-order chi connectivity index (χ0) is 13.6. The van der Waals surface area contributed by atoms with Crippen molar-refractivity contribution >= 4 is 6.29 Å². The van der Waals surface area contributed by atoms with Crippen molar-refractivity contribution in [3.63, 3.8) is 0 Å². The van der Waals surface area contributed by atoms with Crippen LogP contribution in [0.5, 0.6) is 0 Å². The van der Waals surface area contributed by atoms with E-state index in [4.69, 9.17) is 0 Å². The molecule has 0 amide bonds. The molecule has 0 heterocycles. The van der Waals surface area contributed by atoms with Gasteiger partial charge in [0.25, 0.3) is 0 Å². The van der Waals surface area contributed by atoms with Crippen LogP contribution in [0, 0.1) is 43.5 Å². The van der Waals surface area contributed by atoms with Crippen LogP contribution < -0.4 is 5.32 Å². The number of halogens is 3. The van der Waals surface area contributed by atoms with Gasteiger partial charge < -0.3 is 4.79 Å². The molecule has 0 radical (unpaired) electrons. The second kappa shape index (κ2) is 8.89. The van der Waals surface area contributed by atoms with Crippen molar-refractivity contribution in [3.8, 4) is 0 Å². The number of hydrogen-bond acceptors (Lipinski definition) is 2. The summed E-state index contributed by atoms with van der Waals surface area (Å²) in [5, 5.41) is 1.41. The Hall–Kier alpha value is -0.178. The summed E-state index contributed by atoms with van der Waals surface area (Å²) in [6.07, 6.45) is 4.70. The molecular formula is C13H16F3NOU. The molecule has 104 valence electrons. The molecule has 0 bridgehead atoms. The summed E-state index contributed by atoms with van der Waals surface area (Å²) in [6.45, 7) is 1.74. The van der Waals surface area contributed by atoms with Gasteiger partial charge in [-0.15, -0.1) is 17.6 Å². The summed E-state index contributed by atoms with van der Waals surface area (Å²) in [7, 11) is 0. The van der Waals surface area contributed by atoms with Gasteiger partial charge in [-0.25, -0.2) is 23.4 Å². The predicted octanol–water partition coefficient (Wildman–Crippen LogP) is 3.08. The van der Waals surface area contributed by atoms with Crippen LogP contribution in [0.3, 0.4) is 0 Å². The molecule has 0 saturated carbocycles. The topological polar surface area (TPSA) is 29.1 Å². The van der Waals surface area contributed by atoms with Crippen LogP contribution >= 0.6 is 0 Å². The maximum absolute atomic E-state index is 11.9. The Morgan fingerprint density at radius 1 is 1.47 bits per heavy atom. The van der Waals surface area contributed by atoms with Gasteiger partial charge in [-0.3, -0.25) is 6.29 Å². The molecule has 1 N–H and O–H groups in total. The van der Waals surface area contributed by atoms with Gasteiger partial charge in [0.1, 0.15) is 0 Å². The molecule has 0 aromatic carbocycles. The zero-order valence-electron chi connectivity index (χ0n) is 10.7. The average Bonchev–Trinajstić information content (AvgIpc) is 2.29. The molecule has 0 aromatic heterocycles. The molecule has 0 saturated heterocycles. The van der Waals surface area contributed by atoms with Gasteiger partial charge in [0.15, 0.2) is 0 Å². The monoisotopic (exact) mass is 497 g/mol. The molecule has 0 spiro atoms. The molecule has 2 nitrogen and oxygen atoms in total. The van der Waals surface area contributed by atoms with Gasteiger partial charge in [0.2, 0.25) is 0 Å². The Bertz CT molecular complexity index is 350. The summed E-state index contributed by atoms with van der Waals surface area (Å²) < 4.78 is 35.6. The van der Waals surface area contributed by atoms with Gasteiger partial charge in [0, 0.05) is 6.54 Å². The average molecular weight is 497 g/mol. The van der Waals surface area contributed by atoms with E-state index in [1.54, 1.807) is 0 Å². The Labute approximate surface area is 135 Å². The molecule has 1 atom stereocenters. The van der Waals surface area contributed by atoms with Crippen LogP contribution in [0.2, 0.25) is 0 Å². The molecule has 1 aliphatic rings. The fourth-order valence-corrected chi connectivity index (χ4v) is 1.70. The molecule has 0 fully saturated rings. The van der Waals surface area contributed by atoms with Crippen molar-refractivity contribution in [2.75, 3.05) is 6.54 Å². The normalized spacial score (nSPS) is 16.6. The molecular weight excluding hydrogens is 481 g/mol. The number of nitrogens with one attached hydrogen (secondary N) is 1. The van der Waals surface area contributed by atoms with E-state index >= 15 is 0 Å². The van der Waals surface area contributed by atoms with E-state index in [2.05, 4.69) is 0 Å². The minimum absolute atomic E-state index is 0. The Kier molecular flexibility index (Phi) is 8.80. The van der Waals surface area contributed by atoms with Gasteiger partial charge >= 0.3 is 37.4 Å². The molecule has 0 aromatic rings. The predicted molar refractivity (Wildman–Crippen MR) is 63.2 cm³/mol. The Morgan fingerprint density at radius 2 is 2.16 bits per heavy atom. The van der Waals surface area contributed by atoms with Gasteiger partial charge in [0.05, 0.1) is 0 Å². The van der Waals surface area contributed by atoms with Crippen LogP contribution in [-0.4, -0.2) is 19.1 Å². The number of carbonyl (C=O) groups excluding carboxylic acids is 1. The van der Waals surface area contributed by atoms with Gasteiger partial charge in [-0.1, -0.05) is 19.3 Å². The number of rotatable bonds is 6. The van der Waals surface area contributed by atoms with Crippen molar-refractivity contribution in [2.45, 2.75) is 32.5 Å². The van der Waals surface area contributed by atoms with Crippen molar-refractivity contribution in [1.82, 2.24) is 5.32 Å². The second-order valence-electron chi connectivity index (χ2n) is 4.39. The SMILES string of the molecule is CC1=CC=C(CC([C-]=O)CCNC(F)(F)F)[CH-]C1.[U+2]. The third-order valence-corrected chi connectivity index (χ3v) is 2.74. The molecule has 19 heavy (non-hydrogen) atoms. The molecule has 1 unspecified atom stereocenters. The Balaban J connectivity index is 0.00000324. The third-order valence-electron chi connectivity index (χ3n) is 2.74. The summed E-state index contributed by atoms with van der Waals surface area (Å²) in [6, 6.07) is 0. The van der Waals surface area contributed by atoms with Crippen LogP contribution in [0.25, 0.3) is 0 Å². The zero-order valence-corrected chi connectivity index (χ0v) is 14.8. The fourth-order valence-electron chi connectivity index (χ4n) is 1.70. The third kappa shape index (κ3) is 8.57. The van der Waals surface area contributed by atoms with E-state index in [0.717, 1.165) is 12.0 Å². The first-order valence-electron chi connectivity index (χ1n) is 5.79. The van der Waals surface area contributed by atoms with E-state index in [-0.39, 0.29) is 44.1 Å². The maximum atomic E-state index is 11.9. The Morgan fingerprint density at radius 3 is 2.63 bits per heavy atom. The maximum Gasteiger partial charge on any atom is 2.00 e. The molecule has 1 rings (SSSR count). The molecule has 1 aliphatic carbocycles. The first-order chi connectivity index (χ1) is 8.40. The summed E-state index contributed by atoms with van der Waals surface area (Å²) in [5.41, 5.74) is 2.21. The number of hydrogen-bond donors (Lipinski definition) is 1. The minimum atomic E-state index is -4.39. The van der Waals surface area contributed by atoms with Crippen LogP contribution in [-0.2, 0) is 4.79 Å². The summed E-state index contributed by atoms with van der Waals surface area (Å²) >= 11 is 0. The smallest absolute Gasteiger partial charge is 0.542 e. The van der Waals surface area contributed by atoms with E-state index in [0.29, 0.717) is 6.42 Å². The fraction of sp³-hybridized carbons (Fsp3) is 0.538. The van der Waals surface area contributed by atoms with Crippen molar-refractivity contribution in [1.29, 1.82) is 0 Å². The number of alkyl halides is 3. The van der Waals surface area contributed by atoms with E-state index in [1.165, 1.54) is 10.9 Å². The quantitative estimate of drug-likeness (QED) is 0.452. The minimum Gasteiger partial charge on any atom is -0.542 e. The summed E-state index contributed by atoms with van der Waals surface area (Å²) in [5.74, 6) is -0.492. The van der Waals surface area contributed by atoms with E-state index in [9.17, 15) is 18.0 Å². The van der Waals surface area contributed by atoms with E-state index < -0.39 is 12.2 Å². The van der Waals surface area contributed by atoms with Crippen molar-refractivity contribution in [3.05, 3.63) is 29.7 Å².